The Labute approximate surface area is 146 Å². The van der Waals surface area contributed by atoms with E-state index in [4.69, 9.17) is 0 Å². The van der Waals surface area contributed by atoms with Crippen molar-refractivity contribution in [3.8, 4) is 0 Å². The maximum Gasteiger partial charge on any atom is 0.234 e. The Kier molecular flexibility index (Phi) is 6.07. The minimum Gasteiger partial charge on any atom is -0.355 e. The average Bonchev–Trinajstić information content (AvgIpc) is 3.09. The van der Waals surface area contributed by atoms with Gasteiger partial charge in [-0.2, -0.15) is 0 Å². The molecule has 0 bridgehead atoms. The molecule has 1 aliphatic carbocycles. The minimum atomic E-state index is 0.0708. The lowest BCUT2D eigenvalue weighted by Crippen LogP contribution is -2.40. The fourth-order valence-corrected chi connectivity index (χ4v) is 3.82. The number of nitrogens with one attached hydrogen (secondary N) is 1. The highest BCUT2D eigenvalue weighted by Crippen LogP contribution is 2.60. The second kappa shape index (κ2) is 7.68. The van der Waals surface area contributed by atoms with Gasteiger partial charge in [0.2, 0.25) is 11.8 Å². The summed E-state index contributed by atoms with van der Waals surface area (Å²) in [6.07, 6.45) is 3.19. The third-order valence-corrected chi connectivity index (χ3v) is 5.33. The molecule has 2 rings (SSSR count). The molecular formula is C19H33N3O2. The Morgan fingerprint density at radius 1 is 1.17 bits per heavy atom. The van der Waals surface area contributed by atoms with Crippen LogP contribution >= 0.6 is 0 Å². The first-order valence-corrected chi connectivity index (χ1v) is 9.20. The van der Waals surface area contributed by atoms with Crippen LogP contribution in [0.5, 0.6) is 0 Å². The summed E-state index contributed by atoms with van der Waals surface area (Å²) in [4.78, 5) is 28.9. The minimum absolute atomic E-state index is 0.0708. The van der Waals surface area contributed by atoms with E-state index in [0.717, 1.165) is 32.6 Å². The number of carbonyl (C=O) groups is 2. The summed E-state index contributed by atoms with van der Waals surface area (Å²) in [6.45, 7) is 14.8. The molecule has 136 valence electrons. The SMILES string of the molecule is CCNC(=O)CN1CCCN(C(=O)C2C(C=C(C)C)C2(C)C)CC1. The zero-order chi connectivity index (χ0) is 17.9. The predicted octanol–water partition coefficient (Wildman–Crippen LogP) is 1.90. The van der Waals surface area contributed by atoms with Gasteiger partial charge < -0.3 is 10.2 Å². The molecule has 5 nitrogen and oxygen atoms in total. The highest BCUT2D eigenvalue weighted by molar-refractivity contribution is 5.84. The molecule has 1 N–H and O–H groups in total. The van der Waals surface area contributed by atoms with Crippen LogP contribution in [0.4, 0.5) is 0 Å². The van der Waals surface area contributed by atoms with Crippen LogP contribution in [0.25, 0.3) is 0 Å². The Hall–Kier alpha value is -1.36. The molecule has 1 saturated heterocycles. The van der Waals surface area contributed by atoms with E-state index in [0.29, 0.717) is 24.9 Å². The molecule has 0 radical (unpaired) electrons. The van der Waals surface area contributed by atoms with E-state index in [2.05, 4.69) is 44.0 Å². The molecule has 0 aromatic carbocycles. The van der Waals surface area contributed by atoms with Crippen molar-refractivity contribution in [1.82, 2.24) is 15.1 Å². The van der Waals surface area contributed by atoms with Crippen molar-refractivity contribution in [3.63, 3.8) is 0 Å². The Balaban J connectivity index is 1.91. The van der Waals surface area contributed by atoms with Crippen LogP contribution in [0.3, 0.4) is 0 Å². The molecule has 1 saturated carbocycles. The quantitative estimate of drug-likeness (QED) is 0.781. The first-order valence-electron chi connectivity index (χ1n) is 9.20. The molecule has 2 aliphatic rings. The largest absolute Gasteiger partial charge is 0.355 e. The van der Waals surface area contributed by atoms with Gasteiger partial charge in [0.15, 0.2) is 0 Å². The normalized spacial score (nSPS) is 26.5. The van der Waals surface area contributed by atoms with E-state index in [9.17, 15) is 9.59 Å². The second-order valence-corrected chi connectivity index (χ2v) is 7.98. The number of carbonyl (C=O) groups excluding carboxylic acids is 2. The van der Waals surface area contributed by atoms with Crippen molar-refractivity contribution in [1.29, 1.82) is 0 Å². The van der Waals surface area contributed by atoms with E-state index in [1.54, 1.807) is 0 Å². The van der Waals surface area contributed by atoms with Crippen molar-refractivity contribution >= 4 is 11.8 Å². The topological polar surface area (TPSA) is 52.7 Å². The van der Waals surface area contributed by atoms with Crippen LogP contribution in [0, 0.1) is 17.3 Å². The summed E-state index contributed by atoms with van der Waals surface area (Å²) < 4.78 is 0. The molecule has 2 atom stereocenters. The Bertz CT molecular complexity index is 509. The van der Waals surface area contributed by atoms with Crippen molar-refractivity contribution < 1.29 is 9.59 Å². The van der Waals surface area contributed by atoms with Gasteiger partial charge in [-0.3, -0.25) is 14.5 Å². The van der Waals surface area contributed by atoms with Crippen LogP contribution in [-0.4, -0.2) is 60.9 Å². The van der Waals surface area contributed by atoms with Crippen molar-refractivity contribution in [3.05, 3.63) is 11.6 Å². The summed E-state index contributed by atoms with van der Waals surface area (Å²) >= 11 is 0. The van der Waals surface area contributed by atoms with Gasteiger partial charge in [-0.05, 0) is 38.5 Å². The molecule has 2 fully saturated rings. The van der Waals surface area contributed by atoms with Crippen molar-refractivity contribution in [2.75, 3.05) is 39.3 Å². The van der Waals surface area contributed by atoms with Crippen molar-refractivity contribution in [2.24, 2.45) is 17.3 Å². The number of hydrogen-bond acceptors (Lipinski definition) is 3. The van der Waals surface area contributed by atoms with E-state index in [-0.39, 0.29) is 17.2 Å². The van der Waals surface area contributed by atoms with Gasteiger partial charge >= 0.3 is 0 Å². The molecule has 24 heavy (non-hydrogen) atoms. The molecule has 0 aromatic rings. The second-order valence-electron chi connectivity index (χ2n) is 7.98. The Morgan fingerprint density at radius 3 is 2.50 bits per heavy atom. The standard InChI is InChI=1S/C19H33N3O2/c1-6-20-16(23)13-21-8-7-9-22(11-10-21)18(24)17-15(12-14(2)3)19(17,4)5/h12,15,17H,6-11,13H2,1-5H3,(H,20,23). The molecule has 5 heteroatoms. The maximum atomic E-state index is 13.0. The summed E-state index contributed by atoms with van der Waals surface area (Å²) in [6, 6.07) is 0. The zero-order valence-corrected chi connectivity index (χ0v) is 15.9. The molecule has 2 unspecified atom stereocenters. The van der Waals surface area contributed by atoms with Gasteiger partial charge in [0.05, 0.1) is 12.5 Å². The van der Waals surface area contributed by atoms with Crippen LogP contribution in [-0.2, 0) is 9.59 Å². The highest BCUT2D eigenvalue weighted by Gasteiger charge is 2.61. The maximum absolute atomic E-state index is 13.0. The summed E-state index contributed by atoms with van der Waals surface area (Å²) in [5.74, 6) is 0.846. The van der Waals surface area contributed by atoms with Gasteiger partial charge in [-0.1, -0.05) is 25.5 Å². The van der Waals surface area contributed by atoms with Gasteiger partial charge in [0.25, 0.3) is 0 Å². The number of amides is 2. The number of hydrogen-bond donors (Lipinski definition) is 1. The molecule has 0 spiro atoms. The van der Waals surface area contributed by atoms with Crippen molar-refractivity contribution in [2.45, 2.75) is 41.0 Å². The van der Waals surface area contributed by atoms with E-state index in [1.165, 1.54) is 5.57 Å². The third kappa shape index (κ3) is 4.38. The summed E-state index contributed by atoms with van der Waals surface area (Å²) in [5, 5.41) is 2.84. The average molecular weight is 335 g/mol. The number of allylic oxidation sites excluding steroid dienone is 2. The Morgan fingerprint density at radius 2 is 1.88 bits per heavy atom. The summed E-state index contributed by atoms with van der Waals surface area (Å²) in [7, 11) is 0. The number of rotatable bonds is 5. The fourth-order valence-electron chi connectivity index (χ4n) is 3.82. The molecule has 2 amide bonds. The first kappa shape index (κ1) is 19.0. The number of nitrogens with zero attached hydrogens (tertiary/aromatic N) is 2. The number of likely N-dealkylation sites (N-methyl/N-ethyl adjacent to an activating group) is 1. The van der Waals surface area contributed by atoms with Gasteiger partial charge in [-0.15, -0.1) is 0 Å². The van der Waals surface area contributed by atoms with Gasteiger partial charge in [0.1, 0.15) is 0 Å². The first-order chi connectivity index (χ1) is 11.3. The zero-order valence-electron chi connectivity index (χ0n) is 15.9. The monoisotopic (exact) mass is 335 g/mol. The lowest BCUT2D eigenvalue weighted by Gasteiger charge is -2.22. The lowest BCUT2D eigenvalue weighted by atomic mass is 10.1. The van der Waals surface area contributed by atoms with E-state index >= 15 is 0 Å². The van der Waals surface area contributed by atoms with Gasteiger partial charge in [-0.25, -0.2) is 0 Å². The van der Waals surface area contributed by atoms with Crippen LogP contribution in [0.1, 0.15) is 41.0 Å². The lowest BCUT2D eigenvalue weighted by molar-refractivity contribution is -0.133. The predicted molar refractivity (Wildman–Crippen MR) is 96.5 cm³/mol. The van der Waals surface area contributed by atoms with Crippen LogP contribution in [0.15, 0.2) is 11.6 Å². The summed E-state index contributed by atoms with van der Waals surface area (Å²) in [5.41, 5.74) is 1.36. The smallest absolute Gasteiger partial charge is 0.234 e. The van der Waals surface area contributed by atoms with Crippen LogP contribution in [0.2, 0.25) is 0 Å². The van der Waals surface area contributed by atoms with E-state index < -0.39 is 0 Å². The molecule has 1 aliphatic heterocycles. The van der Waals surface area contributed by atoms with E-state index in [1.807, 2.05) is 11.8 Å². The third-order valence-electron chi connectivity index (χ3n) is 5.33. The molecule has 0 aromatic heterocycles. The highest BCUT2D eigenvalue weighted by atomic mass is 16.2. The molecule has 1 heterocycles. The van der Waals surface area contributed by atoms with Gasteiger partial charge in [0, 0.05) is 32.7 Å². The fraction of sp³-hybridized carbons (Fsp3) is 0.789. The van der Waals surface area contributed by atoms with Crippen LogP contribution < -0.4 is 5.32 Å². The molecular weight excluding hydrogens is 302 g/mol.